The molecule has 0 radical (unpaired) electrons. The lowest BCUT2D eigenvalue weighted by molar-refractivity contribution is -0.118. The number of benzene rings is 2. The Bertz CT molecular complexity index is 615. The van der Waals surface area contributed by atoms with Gasteiger partial charge in [-0.25, -0.2) is 4.39 Å². The van der Waals surface area contributed by atoms with Crippen LogP contribution in [0.4, 0.5) is 10.1 Å². The number of ether oxygens (including phenoxy) is 1. The first-order valence-corrected chi connectivity index (χ1v) is 6.59. The third-order valence-electron chi connectivity index (χ3n) is 2.89. The Hall–Kier alpha value is -2.40. The molecule has 0 aliphatic carbocycles. The average Bonchev–Trinajstić information content (AvgIpc) is 2.46. The highest BCUT2D eigenvalue weighted by Gasteiger charge is 2.09. The van der Waals surface area contributed by atoms with Gasteiger partial charge in [0.15, 0.2) is 6.61 Å². The summed E-state index contributed by atoms with van der Waals surface area (Å²) in [4.78, 5) is 11.7. The lowest BCUT2D eigenvalue weighted by Crippen LogP contribution is -2.20. The van der Waals surface area contributed by atoms with E-state index in [4.69, 9.17) is 10.5 Å². The fourth-order valence-corrected chi connectivity index (χ4v) is 1.83. The number of nitrogens with two attached hydrogens (primary N) is 1. The first-order chi connectivity index (χ1) is 10.1. The molecular formula is C16H17FN2O2. The highest BCUT2D eigenvalue weighted by atomic mass is 19.1. The first kappa shape index (κ1) is 15.0. The van der Waals surface area contributed by atoms with Gasteiger partial charge in [-0.2, -0.15) is 0 Å². The molecule has 5 heteroatoms. The summed E-state index contributed by atoms with van der Waals surface area (Å²) in [6.45, 7) is 1.51. The van der Waals surface area contributed by atoms with Crippen LogP contribution in [0.3, 0.4) is 0 Å². The molecule has 0 aliphatic rings. The van der Waals surface area contributed by atoms with Crippen molar-refractivity contribution in [3.05, 3.63) is 59.9 Å². The largest absolute Gasteiger partial charge is 0.484 e. The topological polar surface area (TPSA) is 64.3 Å². The zero-order valence-electron chi connectivity index (χ0n) is 11.7. The number of amides is 1. The Labute approximate surface area is 122 Å². The van der Waals surface area contributed by atoms with Gasteiger partial charge in [0, 0.05) is 23.4 Å². The molecule has 110 valence electrons. The van der Waals surface area contributed by atoms with Gasteiger partial charge < -0.3 is 15.8 Å². The number of halogens is 1. The van der Waals surface area contributed by atoms with Crippen LogP contribution < -0.4 is 15.8 Å². The molecule has 2 aromatic rings. The highest BCUT2D eigenvalue weighted by Crippen LogP contribution is 2.20. The SMILES string of the molecule is CC(N)c1ccc(OCC(=O)Nc2ccccc2)cc1F. The maximum atomic E-state index is 13.7. The Balaban J connectivity index is 1.91. The van der Waals surface area contributed by atoms with Gasteiger partial charge in [-0.05, 0) is 25.1 Å². The van der Waals surface area contributed by atoms with Crippen LogP contribution in [0.25, 0.3) is 0 Å². The number of nitrogens with one attached hydrogen (secondary N) is 1. The Kier molecular flexibility index (Phi) is 4.90. The summed E-state index contributed by atoms with van der Waals surface area (Å²) >= 11 is 0. The predicted molar refractivity (Wildman–Crippen MR) is 79.6 cm³/mol. The summed E-state index contributed by atoms with van der Waals surface area (Å²) in [5, 5.41) is 2.68. The quantitative estimate of drug-likeness (QED) is 0.889. The van der Waals surface area contributed by atoms with E-state index in [-0.39, 0.29) is 18.6 Å². The van der Waals surface area contributed by atoms with Crippen molar-refractivity contribution in [2.45, 2.75) is 13.0 Å². The summed E-state index contributed by atoms with van der Waals surface area (Å²) in [5.74, 6) is -0.455. The Morgan fingerprint density at radius 3 is 2.62 bits per heavy atom. The van der Waals surface area contributed by atoms with Crippen molar-refractivity contribution >= 4 is 11.6 Å². The van der Waals surface area contributed by atoms with E-state index in [1.165, 1.54) is 6.07 Å². The van der Waals surface area contributed by atoms with E-state index in [1.807, 2.05) is 18.2 Å². The number of carbonyl (C=O) groups is 1. The third-order valence-corrected chi connectivity index (χ3v) is 2.89. The van der Waals surface area contributed by atoms with Gasteiger partial charge in [-0.15, -0.1) is 0 Å². The van der Waals surface area contributed by atoms with Crippen LogP contribution in [-0.4, -0.2) is 12.5 Å². The molecule has 0 bridgehead atoms. The van der Waals surface area contributed by atoms with E-state index in [2.05, 4.69) is 5.32 Å². The van der Waals surface area contributed by atoms with Crippen LogP contribution in [-0.2, 0) is 4.79 Å². The summed E-state index contributed by atoms with van der Waals surface area (Å²) < 4.78 is 19.0. The Morgan fingerprint density at radius 1 is 1.29 bits per heavy atom. The van der Waals surface area contributed by atoms with Crippen molar-refractivity contribution in [2.24, 2.45) is 5.73 Å². The van der Waals surface area contributed by atoms with E-state index in [0.717, 1.165) is 0 Å². The molecule has 0 saturated carbocycles. The van der Waals surface area contributed by atoms with Crippen LogP contribution in [0.5, 0.6) is 5.75 Å². The van der Waals surface area contributed by atoms with Crippen LogP contribution in [0.15, 0.2) is 48.5 Å². The Morgan fingerprint density at radius 2 is 2.00 bits per heavy atom. The molecule has 1 amide bonds. The van der Waals surface area contributed by atoms with Gasteiger partial charge in [-0.1, -0.05) is 24.3 Å². The number of carbonyl (C=O) groups excluding carboxylic acids is 1. The molecule has 1 unspecified atom stereocenters. The van der Waals surface area contributed by atoms with E-state index in [1.54, 1.807) is 31.2 Å². The molecule has 3 N–H and O–H groups in total. The molecule has 0 fully saturated rings. The van der Waals surface area contributed by atoms with Gasteiger partial charge in [-0.3, -0.25) is 4.79 Å². The van der Waals surface area contributed by atoms with Gasteiger partial charge in [0.2, 0.25) is 0 Å². The minimum atomic E-state index is -0.439. The smallest absolute Gasteiger partial charge is 0.262 e. The van der Waals surface area contributed by atoms with Gasteiger partial charge in [0.1, 0.15) is 11.6 Å². The molecule has 21 heavy (non-hydrogen) atoms. The molecular weight excluding hydrogens is 271 g/mol. The van der Waals surface area contributed by atoms with Crippen LogP contribution in [0, 0.1) is 5.82 Å². The maximum absolute atomic E-state index is 13.7. The molecule has 0 aliphatic heterocycles. The zero-order chi connectivity index (χ0) is 15.2. The van der Waals surface area contributed by atoms with Crippen molar-refractivity contribution in [2.75, 3.05) is 11.9 Å². The van der Waals surface area contributed by atoms with Gasteiger partial charge in [0.05, 0.1) is 0 Å². The van der Waals surface area contributed by atoms with Crippen molar-refractivity contribution in [3.8, 4) is 5.75 Å². The predicted octanol–water partition coefficient (Wildman–Crippen LogP) is 2.86. The number of hydrogen-bond acceptors (Lipinski definition) is 3. The van der Waals surface area contributed by atoms with Crippen LogP contribution in [0.2, 0.25) is 0 Å². The molecule has 2 aromatic carbocycles. The third kappa shape index (κ3) is 4.29. The number of hydrogen-bond donors (Lipinski definition) is 2. The summed E-state index contributed by atoms with van der Waals surface area (Å²) in [6.07, 6.45) is 0. The molecule has 0 spiro atoms. The summed E-state index contributed by atoms with van der Waals surface area (Å²) in [5.41, 5.74) is 6.73. The van der Waals surface area contributed by atoms with Crippen LogP contribution in [0.1, 0.15) is 18.5 Å². The minimum Gasteiger partial charge on any atom is -0.484 e. The standard InChI is InChI=1S/C16H17FN2O2/c1-11(18)14-8-7-13(9-15(14)17)21-10-16(20)19-12-5-3-2-4-6-12/h2-9,11H,10,18H2,1H3,(H,19,20). The fourth-order valence-electron chi connectivity index (χ4n) is 1.83. The van der Waals surface area contributed by atoms with Gasteiger partial charge in [0.25, 0.3) is 5.91 Å². The zero-order valence-corrected chi connectivity index (χ0v) is 11.7. The second-order valence-electron chi connectivity index (χ2n) is 4.67. The maximum Gasteiger partial charge on any atom is 0.262 e. The number of para-hydroxylation sites is 1. The summed E-state index contributed by atoms with van der Waals surface area (Å²) in [7, 11) is 0. The monoisotopic (exact) mass is 288 g/mol. The second-order valence-corrected chi connectivity index (χ2v) is 4.67. The second kappa shape index (κ2) is 6.85. The molecule has 0 saturated heterocycles. The molecule has 2 rings (SSSR count). The van der Waals surface area contributed by atoms with E-state index >= 15 is 0 Å². The molecule has 4 nitrogen and oxygen atoms in total. The van der Waals surface area contributed by atoms with Gasteiger partial charge >= 0.3 is 0 Å². The van der Waals surface area contributed by atoms with E-state index in [9.17, 15) is 9.18 Å². The van der Waals surface area contributed by atoms with E-state index in [0.29, 0.717) is 17.0 Å². The van der Waals surface area contributed by atoms with Crippen molar-refractivity contribution in [3.63, 3.8) is 0 Å². The highest BCUT2D eigenvalue weighted by molar-refractivity contribution is 5.91. The summed E-state index contributed by atoms with van der Waals surface area (Å²) in [6, 6.07) is 13.0. The molecule has 1 atom stereocenters. The minimum absolute atomic E-state index is 0.189. The normalized spacial score (nSPS) is 11.8. The molecule has 0 aromatic heterocycles. The molecule has 0 heterocycles. The lowest BCUT2D eigenvalue weighted by Gasteiger charge is -2.10. The average molecular weight is 288 g/mol. The number of anilines is 1. The van der Waals surface area contributed by atoms with Crippen molar-refractivity contribution in [1.82, 2.24) is 0 Å². The van der Waals surface area contributed by atoms with Crippen molar-refractivity contribution < 1.29 is 13.9 Å². The van der Waals surface area contributed by atoms with Crippen LogP contribution >= 0.6 is 0 Å². The lowest BCUT2D eigenvalue weighted by atomic mass is 10.1. The fraction of sp³-hybridized carbons (Fsp3) is 0.188. The number of rotatable bonds is 5. The first-order valence-electron chi connectivity index (χ1n) is 6.59. The van der Waals surface area contributed by atoms with Crippen molar-refractivity contribution in [1.29, 1.82) is 0 Å². The van der Waals surface area contributed by atoms with E-state index < -0.39 is 5.82 Å².